The van der Waals surface area contributed by atoms with Crippen molar-refractivity contribution in [2.45, 2.75) is 32.1 Å². The molecule has 1 saturated heterocycles. The molecule has 0 aliphatic carbocycles. The molecule has 148 valence electrons. The van der Waals surface area contributed by atoms with Crippen LogP contribution in [-0.2, 0) is 29.3 Å². The summed E-state index contributed by atoms with van der Waals surface area (Å²) < 4.78 is 45.6. The zero-order valence-electron chi connectivity index (χ0n) is 15.3. The third kappa shape index (κ3) is 4.24. The number of aromatic nitrogens is 2. The third-order valence-electron chi connectivity index (χ3n) is 4.90. The lowest BCUT2D eigenvalue weighted by Crippen LogP contribution is -2.50. The highest BCUT2D eigenvalue weighted by Crippen LogP contribution is 2.31. The molecule has 2 heterocycles. The fourth-order valence-corrected chi connectivity index (χ4v) is 3.37. The van der Waals surface area contributed by atoms with Crippen LogP contribution in [0.15, 0.2) is 18.2 Å². The van der Waals surface area contributed by atoms with E-state index < -0.39 is 11.7 Å². The fraction of sp³-hybridized carbons (Fsp3) is 0.556. The van der Waals surface area contributed by atoms with Crippen LogP contribution in [0.1, 0.15) is 24.7 Å². The van der Waals surface area contributed by atoms with Gasteiger partial charge < -0.3 is 14.6 Å². The number of carbonyl (C=O) groups excluding carboxylic acids is 1. The number of benzene rings is 1. The Morgan fingerprint density at radius 3 is 2.67 bits per heavy atom. The normalized spacial score (nSPS) is 17.2. The number of hydrogen-bond acceptors (Lipinski definition) is 4. The Kier molecular flexibility index (Phi) is 5.71. The second kappa shape index (κ2) is 7.85. The Balaban J connectivity index is 1.72. The van der Waals surface area contributed by atoms with Crippen molar-refractivity contribution in [3.8, 4) is 0 Å². The van der Waals surface area contributed by atoms with Crippen LogP contribution >= 0.6 is 0 Å². The van der Waals surface area contributed by atoms with Crippen LogP contribution in [0.4, 0.5) is 13.2 Å². The first kappa shape index (κ1) is 19.6. The largest absolute Gasteiger partial charge is 0.416 e. The molecule has 1 amide bonds. The van der Waals surface area contributed by atoms with Gasteiger partial charge in [-0.05, 0) is 24.6 Å². The van der Waals surface area contributed by atoms with E-state index in [1.807, 2.05) is 6.92 Å². The van der Waals surface area contributed by atoms with Crippen LogP contribution in [0.25, 0.3) is 11.0 Å². The summed E-state index contributed by atoms with van der Waals surface area (Å²) in [7, 11) is 1.73. The maximum Gasteiger partial charge on any atom is 0.416 e. The number of morpholine rings is 1. The Bertz CT molecular complexity index is 813. The van der Waals surface area contributed by atoms with Crippen molar-refractivity contribution in [2.24, 2.45) is 7.05 Å². The summed E-state index contributed by atoms with van der Waals surface area (Å²) in [6.45, 7) is 4.74. The molecule has 1 aromatic carbocycles. The Labute approximate surface area is 155 Å². The number of rotatable bonds is 5. The number of ether oxygens (including phenoxy) is 1. The molecule has 1 fully saturated rings. The van der Waals surface area contributed by atoms with Crippen molar-refractivity contribution >= 4 is 16.9 Å². The van der Waals surface area contributed by atoms with E-state index in [1.54, 1.807) is 11.6 Å². The molecule has 2 aromatic rings. The minimum atomic E-state index is -4.41. The van der Waals surface area contributed by atoms with Gasteiger partial charge in [-0.25, -0.2) is 4.98 Å². The van der Waals surface area contributed by atoms with Gasteiger partial charge in [0.2, 0.25) is 5.91 Å². The van der Waals surface area contributed by atoms with Gasteiger partial charge in [0.15, 0.2) is 0 Å². The van der Waals surface area contributed by atoms with E-state index in [9.17, 15) is 18.0 Å². The van der Waals surface area contributed by atoms with Crippen molar-refractivity contribution in [2.75, 3.05) is 26.3 Å². The number of carbonyl (C=O) groups is 1. The van der Waals surface area contributed by atoms with Gasteiger partial charge in [-0.2, -0.15) is 13.2 Å². The molecule has 6 nitrogen and oxygen atoms in total. The van der Waals surface area contributed by atoms with Crippen LogP contribution in [0.2, 0.25) is 0 Å². The number of fused-ring (bicyclic) bond motifs is 1. The lowest BCUT2D eigenvalue weighted by molar-refractivity contribution is -0.137. The summed E-state index contributed by atoms with van der Waals surface area (Å²) in [6, 6.07) is 3.22. The first-order valence-electron chi connectivity index (χ1n) is 8.93. The van der Waals surface area contributed by atoms with Gasteiger partial charge in [0, 0.05) is 20.1 Å². The summed E-state index contributed by atoms with van der Waals surface area (Å²) >= 11 is 0. The van der Waals surface area contributed by atoms with Gasteiger partial charge in [-0.1, -0.05) is 6.92 Å². The van der Waals surface area contributed by atoms with E-state index in [0.29, 0.717) is 44.1 Å². The highest BCUT2D eigenvalue weighted by molar-refractivity contribution is 5.82. The number of aryl methyl sites for hydroxylation is 1. The van der Waals surface area contributed by atoms with Crippen molar-refractivity contribution in [1.29, 1.82) is 0 Å². The van der Waals surface area contributed by atoms with Gasteiger partial charge in [0.05, 0.1) is 42.4 Å². The molecule has 1 aromatic heterocycles. The van der Waals surface area contributed by atoms with Crippen LogP contribution < -0.4 is 5.32 Å². The van der Waals surface area contributed by atoms with Crippen LogP contribution in [-0.4, -0.2) is 52.7 Å². The minimum Gasteiger partial charge on any atom is -0.379 e. The van der Waals surface area contributed by atoms with Crippen molar-refractivity contribution < 1.29 is 22.7 Å². The highest BCUT2D eigenvalue weighted by atomic mass is 19.4. The Hall–Kier alpha value is -2.13. The number of hydrogen-bond donors (Lipinski definition) is 1. The maximum atomic E-state index is 12.9. The summed E-state index contributed by atoms with van der Waals surface area (Å²) in [5.74, 6) is 0.400. The van der Waals surface area contributed by atoms with E-state index >= 15 is 0 Å². The molecule has 0 radical (unpaired) electrons. The summed E-state index contributed by atoms with van der Waals surface area (Å²) in [6.07, 6.45) is -3.74. The van der Waals surface area contributed by atoms with Gasteiger partial charge in [-0.15, -0.1) is 0 Å². The van der Waals surface area contributed by atoms with Gasteiger partial charge in [0.1, 0.15) is 5.82 Å². The molecule has 27 heavy (non-hydrogen) atoms. The smallest absolute Gasteiger partial charge is 0.379 e. The van der Waals surface area contributed by atoms with Crippen molar-refractivity contribution in [3.63, 3.8) is 0 Å². The molecule has 1 aliphatic heterocycles. The second-order valence-electron chi connectivity index (χ2n) is 6.58. The zero-order chi connectivity index (χ0) is 19.6. The standard InChI is InChI=1S/C18H23F3N4O2/c1-3-14(25-6-8-27-9-7-25)17(26)22-11-16-23-13-10-12(18(19,20)21)4-5-15(13)24(16)2/h4-5,10,14H,3,6-9,11H2,1-2H3,(H,22,26). The lowest BCUT2D eigenvalue weighted by atomic mass is 10.1. The van der Waals surface area contributed by atoms with Crippen LogP contribution in [0.3, 0.4) is 0 Å². The van der Waals surface area contributed by atoms with E-state index in [4.69, 9.17) is 4.74 Å². The van der Waals surface area contributed by atoms with Gasteiger partial charge in [0.25, 0.3) is 0 Å². The maximum absolute atomic E-state index is 12.9. The van der Waals surface area contributed by atoms with Gasteiger partial charge in [-0.3, -0.25) is 9.69 Å². The lowest BCUT2D eigenvalue weighted by Gasteiger charge is -2.32. The average Bonchev–Trinajstić information content (AvgIpc) is 2.96. The van der Waals surface area contributed by atoms with E-state index in [-0.39, 0.29) is 24.0 Å². The average molecular weight is 384 g/mol. The Morgan fingerprint density at radius 2 is 2.04 bits per heavy atom. The third-order valence-corrected chi connectivity index (χ3v) is 4.90. The number of halogens is 3. The van der Waals surface area contributed by atoms with Crippen molar-refractivity contribution in [1.82, 2.24) is 19.8 Å². The minimum absolute atomic E-state index is 0.109. The zero-order valence-corrected chi connectivity index (χ0v) is 15.3. The molecule has 0 saturated carbocycles. The molecule has 1 aliphatic rings. The van der Waals surface area contributed by atoms with E-state index in [1.165, 1.54) is 6.07 Å². The SMILES string of the molecule is CCC(C(=O)NCc1nc2cc(C(F)(F)F)ccc2n1C)N1CCOCC1. The first-order valence-corrected chi connectivity index (χ1v) is 8.93. The molecule has 0 bridgehead atoms. The monoisotopic (exact) mass is 384 g/mol. The number of amides is 1. The molecule has 1 N–H and O–H groups in total. The second-order valence-corrected chi connectivity index (χ2v) is 6.58. The molecular formula is C18H23F3N4O2. The van der Waals surface area contributed by atoms with Crippen molar-refractivity contribution in [3.05, 3.63) is 29.6 Å². The van der Waals surface area contributed by atoms with Gasteiger partial charge >= 0.3 is 6.18 Å². The molecule has 0 spiro atoms. The number of alkyl halides is 3. The number of nitrogens with one attached hydrogen (secondary N) is 1. The highest BCUT2D eigenvalue weighted by Gasteiger charge is 2.31. The predicted octanol–water partition coefficient (Wildman–Crippen LogP) is 2.32. The molecule has 3 rings (SSSR count). The van der Waals surface area contributed by atoms with Crippen LogP contribution in [0, 0.1) is 0 Å². The topological polar surface area (TPSA) is 59.4 Å². The fourth-order valence-electron chi connectivity index (χ4n) is 3.37. The number of nitrogens with zero attached hydrogens (tertiary/aromatic N) is 3. The van der Waals surface area contributed by atoms with Crippen LogP contribution in [0.5, 0.6) is 0 Å². The molecule has 1 unspecified atom stereocenters. The predicted molar refractivity (Wildman–Crippen MR) is 94.0 cm³/mol. The summed E-state index contributed by atoms with van der Waals surface area (Å²) in [4.78, 5) is 18.9. The summed E-state index contributed by atoms with van der Waals surface area (Å²) in [5, 5.41) is 2.87. The Morgan fingerprint density at radius 1 is 1.33 bits per heavy atom. The first-order chi connectivity index (χ1) is 12.8. The summed E-state index contributed by atoms with van der Waals surface area (Å²) in [5.41, 5.74) is 0.117. The quantitative estimate of drug-likeness (QED) is 0.860. The van der Waals surface area contributed by atoms with E-state index in [2.05, 4.69) is 15.2 Å². The molecular weight excluding hydrogens is 361 g/mol. The molecule has 1 atom stereocenters. The number of imidazole rings is 1. The van der Waals surface area contributed by atoms with E-state index in [0.717, 1.165) is 12.1 Å². The molecule has 9 heteroatoms.